The first-order valence-corrected chi connectivity index (χ1v) is 5.87. The van der Waals surface area contributed by atoms with Crippen LogP contribution in [0.2, 0.25) is 0 Å². The van der Waals surface area contributed by atoms with Crippen molar-refractivity contribution >= 4 is 27.3 Å². The number of ether oxygens (including phenoxy) is 1. The van der Waals surface area contributed by atoms with Gasteiger partial charge in [0.1, 0.15) is 0 Å². The predicted octanol–water partition coefficient (Wildman–Crippen LogP) is 2.26. The number of benzene rings is 1. The Bertz CT molecular complexity index is 356. The quantitative estimate of drug-likeness (QED) is 0.796. The molecule has 0 amide bonds. The number of anilines is 2. The first-order chi connectivity index (χ1) is 7.16. The van der Waals surface area contributed by atoms with Gasteiger partial charge in [-0.05, 0) is 25.1 Å². The third kappa shape index (κ3) is 2.44. The number of nitrogen functional groups attached to an aromatic ring is 1. The summed E-state index contributed by atoms with van der Waals surface area (Å²) in [4.78, 5) is 2.27. The van der Waals surface area contributed by atoms with Gasteiger partial charge in [0.2, 0.25) is 0 Å². The van der Waals surface area contributed by atoms with Crippen LogP contribution >= 0.6 is 15.9 Å². The Morgan fingerprint density at radius 1 is 1.53 bits per heavy atom. The Balaban J connectivity index is 2.21. The molecular weight excluding hydrogens is 256 g/mol. The van der Waals surface area contributed by atoms with Crippen LogP contribution in [0.5, 0.6) is 0 Å². The molecule has 0 radical (unpaired) electrons. The van der Waals surface area contributed by atoms with Gasteiger partial charge in [0.15, 0.2) is 0 Å². The minimum atomic E-state index is 0.279. The topological polar surface area (TPSA) is 38.5 Å². The second-order valence-electron chi connectivity index (χ2n) is 3.83. The zero-order chi connectivity index (χ0) is 10.8. The molecule has 0 aromatic heterocycles. The lowest BCUT2D eigenvalue weighted by molar-refractivity contribution is 0.0533. The molecule has 1 atom stereocenters. The average molecular weight is 271 g/mol. The number of nitrogens with zero attached hydrogens (tertiary/aromatic N) is 1. The summed E-state index contributed by atoms with van der Waals surface area (Å²) in [6.45, 7) is 4.68. The summed E-state index contributed by atoms with van der Waals surface area (Å²) < 4.78 is 6.52. The van der Waals surface area contributed by atoms with Crippen LogP contribution in [0.15, 0.2) is 22.7 Å². The van der Waals surface area contributed by atoms with Crippen LogP contribution in [0.25, 0.3) is 0 Å². The van der Waals surface area contributed by atoms with Gasteiger partial charge in [-0.2, -0.15) is 0 Å². The fraction of sp³-hybridized carbons (Fsp3) is 0.455. The molecule has 1 aliphatic rings. The first kappa shape index (κ1) is 10.8. The zero-order valence-electron chi connectivity index (χ0n) is 8.74. The zero-order valence-corrected chi connectivity index (χ0v) is 10.3. The Morgan fingerprint density at radius 2 is 2.33 bits per heavy atom. The number of rotatable bonds is 1. The summed E-state index contributed by atoms with van der Waals surface area (Å²) in [5.41, 5.74) is 7.91. The van der Waals surface area contributed by atoms with Gasteiger partial charge >= 0.3 is 0 Å². The van der Waals surface area contributed by atoms with Crippen LogP contribution in [-0.2, 0) is 4.74 Å². The minimum absolute atomic E-state index is 0.279. The monoisotopic (exact) mass is 270 g/mol. The summed E-state index contributed by atoms with van der Waals surface area (Å²) in [7, 11) is 0. The van der Waals surface area contributed by atoms with Crippen LogP contribution in [0.3, 0.4) is 0 Å². The minimum Gasteiger partial charge on any atom is -0.397 e. The van der Waals surface area contributed by atoms with E-state index in [-0.39, 0.29) is 6.10 Å². The van der Waals surface area contributed by atoms with Crippen LogP contribution in [0.1, 0.15) is 6.92 Å². The molecule has 3 nitrogen and oxygen atoms in total. The van der Waals surface area contributed by atoms with Gasteiger partial charge in [0, 0.05) is 17.6 Å². The Morgan fingerprint density at radius 3 is 3.00 bits per heavy atom. The smallest absolute Gasteiger partial charge is 0.0722 e. The van der Waals surface area contributed by atoms with Crippen LogP contribution in [0, 0.1) is 0 Å². The van der Waals surface area contributed by atoms with E-state index >= 15 is 0 Å². The van der Waals surface area contributed by atoms with Gasteiger partial charge in [0.25, 0.3) is 0 Å². The number of hydrogen-bond donors (Lipinski definition) is 1. The van der Waals surface area contributed by atoms with Gasteiger partial charge in [-0.1, -0.05) is 15.9 Å². The molecule has 1 aliphatic heterocycles. The fourth-order valence-electron chi connectivity index (χ4n) is 1.85. The van der Waals surface area contributed by atoms with Crippen LogP contribution in [0.4, 0.5) is 11.4 Å². The lowest BCUT2D eigenvalue weighted by atomic mass is 10.2. The molecular formula is C11H15BrN2O. The van der Waals surface area contributed by atoms with Gasteiger partial charge in [-0.3, -0.25) is 0 Å². The molecule has 0 bridgehead atoms. The van der Waals surface area contributed by atoms with E-state index in [1.54, 1.807) is 0 Å². The van der Waals surface area contributed by atoms with Gasteiger partial charge in [0.05, 0.1) is 24.1 Å². The highest BCUT2D eigenvalue weighted by Gasteiger charge is 2.18. The van der Waals surface area contributed by atoms with E-state index in [2.05, 4.69) is 33.8 Å². The van der Waals surface area contributed by atoms with Crippen molar-refractivity contribution in [2.24, 2.45) is 0 Å². The summed E-state index contributed by atoms with van der Waals surface area (Å²) in [6.07, 6.45) is 0.279. The van der Waals surface area contributed by atoms with Crippen molar-refractivity contribution in [3.63, 3.8) is 0 Å². The van der Waals surface area contributed by atoms with Crippen molar-refractivity contribution in [1.82, 2.24) is 0 Å². The van der Waals surface area contributed by atoms with Crippen molar-refractivity contribution in [3.8, 4) is 0 Å². The molecule has 1 fully saturated rings. The molecule has 2 rings (SSSR count). The third-order valence-electron chi connectivity index (χ3n) is 2.57. The Hall–Kier alpha value is -0.740. The highest BCUT2D eigenvalue weighted by atomic mass is 79.9. The summed E-state index contributed by atoms with van der Waals surface area (Å²) in [5.74, 6) is 0. The van der Waals surface area contributed by atoms with Crippen molar-refractivity contribution in [2.75, 3.05) is 30.3 Å². The van der Waals surface area contributed by atoms with Gasteiger partial charge < -0.3 is 15.4 Å². The average Bonchev–Trinajstić information content (AvgIpc) is 2.17. The predicted molar refractivity (Wildman–Crippen MR) is 66.2 cm³/mol. The van der Waals surface area contributed by atoms with Gasteiger partial charge in [-0.15, -0.1) is 0 Å². The van der Waals surface area contributed by atoms with Crippen molar-refractivity contribution in [3.05, 3.63) is 22.7 Å². The number of hydrogen-bond acceptors (Lipinski definition) is 3. The molecule has 0 spiro atoms. The number of morpholine rings is 1. The van der Waals surface area contributed by atoms with E-state index in [1.807, 2.05) is 12.1 Å². The lowest BCUT2D eigenvalue weighted by Crippen LogP contribution is -2.41. The molecule has 2 N–H and O–H groups in total. The molecule has 1 heterocycles. The molecule has 1 aromatic carbocycles. The molecule has 0 aliphatic carbocycles. The summed E-state index contributed by atoms with van der Waals surface area (Å²) >= 11 is 3.41. The maximum absolute atomic E-state index is 5.99. The number of nitrogens with two attached hydrogens (primary N) is 1. The van der Waals surface area contributed by atoms with Crippen molar-refractivity contribution in [1.29, 1.82) is 0 Å². The molecule has 82 valence electrons. The second-order valence-corrected chi connectivity index (χ2v) is 4.75. The third-order valence-corrected chi connectivity index (χ3v) is 3.06. The molecule has 15 heavy (non-hydrogen) atoms. The van der Waals surface area contributed by atoms with E-state index in [1.165, 1.54) is 0 Å². The normalized spacial score (nSPS) is 21.7. The van der Waals surface area contributed by atoms with Crippen molar-refractivity contribution < 1.29 is 4.74 Å². The molecule has 1 saturated heterocycles. The van der Waals surface area contributed by atoms with Crippen LogP contribution in [-0.4, -0.2) is 25.8 Å². The molecule has 4 heteroatoms. The Kier molecular flexibility index (Phi) is 3.17. The maximum Gasteiger partial charge on any atom is 0.0722 e. The highest BCUT2D eigenvalue weighted by Crippen LogP contribution is 2.27. The number of halogens is 1. The van der Waals surface area contributed by atoms with E-state index in [9.17, 15) is 0 Å². The summed E-state index contributed by atoms with van der Waals surface area (Å²) in [6, 6.07) is 6.01. The first-order valence-electron chi connectivity index (χ1n) is 5.08. The van der Waals surface area contributed by atoms with Gasteiger partial charge in [-0.25, -0.2) is 0 Å². The van der Waals surface area contributed by atoms with E-state index in [4.69, 9.17) is 10.5 Å². The largest absolute Gasteiger partial charge is 0.397 e. The molecule has 1 unspecified atom stereocenters. The SMILES string of the molecule is CC1CN(c2ccc(Br)cc2N)CCO1. The van der Waals surface area contributed by atoms with Crippen LogP contribution < -0.4 is 10.6 Å². The Labute approximate surface area is 98.3 Å². The van der Waals surface area contributed by atoms with E-state index < -0.39 is 0 Å². The molecule has 0 saturated carbocycles. The van der Waals surface area contributed by atoms with E-state index in [0.717, 1.165) is 35.5 Å². The lowest BCUT2D eigenvalue weighted by Gasteiger charge is -2.33. The summed E-state index contributed by atoms with van der Waals surface area (Å²) in [5, 5.41) is 0. The fourth-order valence-corrected chi connectivity index (χ4v) is 2.23. The van der Waals surface area contributed by atoms with E-state index in [0.29, 0.717) is 0 Å². The molecule has 1 aromatic rings. The highest BCUT2D eigenvalue weighted by molar-refractivity contribution is 9.10. The van der Waals surface area contributed by atoms with Crippen molar-refractivity contribution in [2.45, 2.75) is 13.0 Å². The standard InChI is InChI=1S/C11H15BrN2O/c1-8-7-14(4-5-15-8)11-3-2-9(12)6-10(11)13/h2-3,6,8H,4-5,7,13H2,1H3. The maximum atomic E-state index is 5.99. The second kappa shape index (κ2) is 4.41.